The van der Waals surface area contributed by atoms with Crippen LogP contribution in [0.3, 0.4) is 0 Å². The SMILES string of the molecule is C#CC(F)C(F)C(F)C(F)C(F)C(F)(CF)CF. The molecule has 0 aliphatic carbocycles. The summed E-state index contributed by atoms with van der Waals surface area (Å²) in [6.07, 6.45) is -12.4. The molecule has 0 rings (SSSR count). The van der Waals surface area contributed by atoms with E-state index in [0.717, 1.165) is 5.92 Å². The molecule has 0 fully saturated rings. The predicted octanol–water partition coefficient (Wildman–Crippen LogP) is 2.96. The predicted molar refractivity (Wildman–Crippen MR) is 49.1 cm³/mol. The van der Waals surface area contributed by atoms with Gasteiger partial charge in [0.1, 0.15) is 13.3 Å². The summed E-state index contributed by atoms with van der Waals surface area (Å²) in [5, 5.41) is 0. The quantitative estimate of drug-likeness (QED) is 0.497. The molecule has 0 spiro atoms. The minimum absolute atomic E-state index is 1.09. The molecule has 0 aliphatic heterocycles. The van der Waals surface area contributed by atoms with Gasteiger partial charge >= 0.3 is 0 Å². The third-order valence-electron chi connectivity index (χ3n) is 2.27. The summed E-state index contributed by atoms with van der Waals surface area (Å²) in [4.78, 5) is 0. The Morgan fingerprint density at radius 1 is 0.889 bits per heavy atom. The largest absolute Gasteiger partial charge is 0.247 e. The number of terminal acetylenes is 1. The first-order valence-electron chi connectivity index (χ1n) is 4.72. The first-order valence-corrected chi connectivity index (χ1v) is 4.72. The molecule has 0 nitrogen and oxygen atoms in total. The molecule has 0 aromatic carbocycles. The van der Waals surface area contributed by atoms with Gasteiger partial charge in [-0.1, -0.05) is 5.92 Å². The molecule has 0 aliphatic rings. The van der Waals surface area contributed by atoms with Gasteiger partial charge in [0.2, 0.25) is 5.67 Å². The van der Waals surface area contributed by atoms with E-state index in [4.69, 9.17) is 0 Å². The molecule has 0 amide bonds. The fraction of sp³-hybridized carbons (Fsp3) is 0.800. The minimum atomic E-state index is -3.94. The third-order valence-corrected chi connectivity index (χ3v) is 2.27. The molecule has 0 saturated carbocycles. The lowest BCUT2D eigenvalue weighted by atomic mass is 9.94. The van der Waals surface area contributed by atoms with Gasteiger partial charge in [-0.05, 0) is 0 Å². The average molecular weight is 282 g/mol. The zero-order valence-corrected chi connectivity index (χ0v) is 8.90. The zero-order chi connectivity index (χ0) is 14.5. The highest BCUT2D eigenvalue weighted by molar-refractivity contribution is 5.03. The number of alkyl halides is 8. The van der Waals surface area contributed by atoms with Crippen LogP contribution in [0.2, 0.25) is 0 Å². The van der Waals surface area contributed by atoms with Crippen LogP contribution in [-0.4, -0.2) is 49.9 Å². The van der Waals surface area contributed by atoms with E-state index >= 15 is 0 Å². The smallest absolute Gasteiger partial charge is 0.201 e. The fourth-order valence-corrected chi connectivity index (χ4v) is 1.06. The second kappa shape index (κ2) is 6.81. The maximum atomic E-state index is 13.0. The molecule has 0 heterocycles. The van der Waals surface area contributed by atoms with E-state index in [1.165, 1.54) is 0 Å². The van der Waals surface area contributed by atoms with Crippen molar-refractivity contribution in [2.75, 3.05) is 13.3 Å². The normalized spacial score (nSPS) is 20.6. The van der Waals surface area contributed by atoms with Gasteiger partial charge in [-0.2, -0.15) is 0 Å². The fourth-order valence-electron chi connectivity index (χ4n) is 1.06. The standard InChI is InChI=1S/C10H10F8/c1-2-5(13)6(14)7(15)8(16)9(17)10(18,3-11)4-12/h1,5-9H,3-4H2. The molecule has 5 atom stereocenters. The highest BCUT2D eigenvalue weighted by atomic mass is 19.2. The lowest BCUT2D eigenvalue weighted by Gasteiger charge is -2.28. The van der Waals surface area contributed by atoms with E-state index in [0.29, 0.717) is 0 Å². The Bertz CT molecular complexity index is 284. The summed E-state index contributed by atoms with van der Waals surface area (Å²) in [6, 6.07) is 0. The Morgan fingerprint density at radius 2 is 1.33 bits per heavy atom. The van der Waals surface area contributed by atoms with Gasteiger partial charge in [-0.25, -0.2) is 35.1 Å². The molecule has 0 N–H and O–H groups in total. The van der Waals surface area contributed by atoms with Crippen molar-refractivity contribution in [3.63, 3.8) is 0 Å². The highest BCUT2D eigenvalue weighted by Crippen LogP contribution is 2.30. The van der Waals surface area contributed by atoms with E-state index in [1.54, 1.807) is 0 Å². The number of hydrogen-bond acceptors (Lipinski definition) is 0. The Hall–Kier alpha value is -1.00. The van der Waals surface area contributed by atoms with E-state index in [1.807, 2.05) is 0 Å². The van der Waals surface area contributed by atoms with Gasteiger partial charge in [-0.3, -0.25) is 0 Å². The van der Waals surface area contributed by atoms with Crippen molar-refractivity contribution in [2.24, 2.45) is 0 Å². The number of hydrogen-bond donors (Lipinski definition) is 0. The van der Waals surface area contributed by atoms with Crippen LogP contribution >= 0.6 is 0 Å². The Kier molecular flexibility index (Phi) is 6.43. The Labute approximate surface area is 98.3 Å². The molecule has 0 aromatic heterocycles. The maximum Gasteiger partial charge on any atom is 0.201 e. The zero-order valence-electron chi connectivity index (χ0n) is 8.90. The molecule has 0 radical (unpaired) electrons. The number of rotatable bonds is 7. The molecule has 18 heavy (non-hydrogen) atoms. The molecule has 8 heteroatoms. The number of halogens is 8. The summed E-state index contributed by atoms with van der Waals surface area (Å²) in [6.45, 7) is -4.55. The van der Waals surface area contributed by atoms with Crippen molar-refractivity contribution in [1.29, 1.82) is 0 Å². The van der Waals surface area contributed by atoms with Crippen molar-refractivity contribution in [3.05, 3.63) is 0 Å². The molecular formula is C10H10F8. The minimum Gasteiger partial charge on any atom is -0.247 e. The van der Waals surface area contributed by atoms with Crippen LogP contribution in [0.1, 0.15) is 0 Å². The van der Waals surface area contributed by atoms with Gasteiger partial charge in [0.15, 0.2) is 30.9 Å². The van der Waals surface area contributed by atoms with Gasteiger partial charge in [0.05, 0.1) is 0 Å². The highest BCUT2D eigenvalue weighted by Gasteiger charge is 2.51. The van der Waals surface area contributed by atoms with Crippen molar-refractivity contribution < 1.29 is 35.1 Å². The first kappa shape index (κ1) is 17.0. The van der Waals surface area contributed by atoms with Crippen molar-refractivity contribution in [2.45, 2.75) is 36.5 Å². The van der Waals surface area contributed by atoms with Crippen LogP contribution in [-0.2, 0) is 0 Å². The van der Waals surface area contributed by atoms with Crippen LogP contribution in [0.5, 0.6) is 0 Å². The van der Waals surface area contributed by atoms with Gasteiger partial charge in [0, 0.05) is 0 Å². The average Bonchev–Trinajstić information content (AvgIpc) is 2.41. The second-order valence-electron chi connectivity index (χ2n) is 3.61. The van der Waals surface area contributed by atoms with E-state index in [9.17, 15) is 35.1 Å². The van der Waals surface area contributed by atoms with Crippen LogP contribution in [0.15, 0.2) is 0 Å². The van der Waals surface area contributed by atoms with Gasteiger partial charge in [0.25, 0.3) is 0 Å². The summed E-state index contributed by atoms with van der Waals surface area (Å²) in [7, 11) is 0. The van der Waals surface area contributed by atoms with Crippen LogP contribution in [0, 0.1) is 12.3 Å². The van der Waals surface area contributed by atoms with Crippen LogP contribution in [0.4, 0.5) is 35.1 Å². The molecule has 0 bridgehead atoms. The van der Waals surface area contributed by atoms with Gasteiger partial charge in [-0.15, -0.1) is 6.42 Å². The van der Waals surface area contributed by atoms with Gasteiger partial charge < -0.3 is 0 Å². The third kappa shape index (κ3) is 3.50. The summed E-state index contributed by atoms with van der Waals surface area (Å²) in [5.41, 5.74) is -3.94. The second-order valence-corrected chi connectivity index (χ2v) is 3.61. The molecule has 0 saturated heterocycles. The maximum absolute atomic E-state index is 13.0. The summed E-state index contributed by atoms with van der Waals surface area (Å²) < 4.78 is 101. The van der Waals surface area contributed by atoms with Crippen LogP contribution in [0.25, 0.3) is 0 Å². The Balaban J connectivity index is 4.84. The molecule has 106 valence electrons. The van der Waals surface area contributed by atoms with Crippen LogP contribution < -0.4 is 0 Å². The van der Waals surface area contributed by atoms with Crippen molar-refractivity contribution in [3.8, 4) is 12.3 Å². The van der Waals surface area contributed by atoms with Crippen molar-refractivity contribution >= 4 is 0 Å². The molecule has 0 aromatic rings. The molecule has 5 unspecified atom stereocenters. The lowest BCUT2D eigenvalue weighted by Crippen LogP contribution is -2.50. The topological polar surface area (TPSA) is 0 Å². The molecular weight excluding hydrogens is 272 g/mol. The first-order chi connectivity index (χ1) is 8.25. The summed E-state index contributed by atoms with van der Waals surface area (Å²) >= 11 is 0. The summed E-state index contributed by atoms with van der Waals surface area (Å²) in [5.74, 6) is 1.09. The van der Waals surface area contributed by atoms with E-state index in [2.05, 4.69) is 6.42 Å². The van der Waals surface area contributed by atoms with E-state index in [-0.39, 0.29) is 0 Å². The van der Waals surface area contributed by atoms with E-state index < -0.39 is 49.9 Å². The van der Waals surface area contributed by atoms with Crippen molar-refractivity contribution in [1.82, 2.24) is 0 Å². The monoisotopic (exact) mass is 282 g/mol. The lowest BCUT2D eigenvalue weighted by molar-refractivity contribution is -0.0685. The Morgan fingerprint density at radius 3 is 1.67 bits per heavy atom.